The first-order valence-electron chi connectivity index (χ1n) is 5.28. The SMILES string of the molecule is C=C=C(CCCCC)CC(=O)OCC. The Kier molecular flexibility index (Phi) is 7.96. The smallest absolute Gasteiger partial charge is 0.310 e. The van der Waals surface area contributed by atoms with E-state index < -0.39 is 0 Å². The predicted molar refractivity (Wildman–Crippen MR) is 58.0 cm³/mol. The van der Waals surface area contributed by atoms with E-state index in [4.69, 9.17) is 4.74 Å². The summed E-state index contributed by atoms with van der Waals surface area (Å²) < 4.78 is 4.85. The lowest BCUT2D eigenvalue weighted by Gasteiger charge is -2.04. The summed E-state index contributed by atoms with van der Waals surface area (Å²) in [5.74, 6) is -0.171. The Balaban J connectivity index is 3.80. The van der Waals surface area contributed by atoms with Crippen LogP contribution in [0.15, 0.2) is 17.9 Å². The first kappa shape index (κ1) is 13.0. The molecule has 0 aliphatic carbocycles. The van der Waals surface area contributed by atoms with Crippen molar-refractivity contribution in [2.45, 2.75) is 46.0 Å². The second kappa shape index (κ2) is 8.58. The van der Waals surface area contributed by atoms with Crippen LogP contribution in [0.3, 0.4) is 0 Å². The Hall–Kier alpha value is -1.01. The molecule has 0 saturated heterocycles. The van der Waals surface area contributed by atoms with E-state index in [2.05, 4.69) is 19.2 Å². The molecule has 0 bridgehead atoms. The van der Waals surface area contributed by atoms with Crippen LogP contribution >= 0.6 is 0 Å². The highest BCUT2D eigenvalue weighted by Crippen LogP contribution is 2.11. The Morgan fingerprint density at radius 2 is 2.07 bits per heavy atom. The highest BCUT2D eigenvalue weighted by Gasteiger charge is 2.05. The summed E-state index contributed by atoms with van der Waals surface area (Å²) >= 11 is 0. The topological polar surface area (TPSA) is 26.3 Å². The van der Waals surface area contributed by atoms with E-state index in [-0.39, 0.29) is 5.97 Å². The molecule has 2 nitrogen and oxygen atoms in total. The van der Waals surface area contributed by atoms with Crippen molar-refractivity contribution < 1.29 is 9.53 Å². The van der Waals surface area contributed by atoms with Crippen molar-refractivity contribution in [3.05, 3.63) is 17.9 Å². The fourth-order valence-electron chi connectivity index (χ4n) is 1.21. The molecular formula is C12H20O2. The van der Waals surface area contributed by atoms with Crippen molar-refractivity contribution >= 4 is 5.97 Å². The molecule has 14 heavy (non-hydrogen) atoms. The molecule has 80 valence electrons. The van der Waals surface area contributed by atoms with Crippen LogP contribution in [0.2, 0.25) is 0 Å². The van der Waals surface area contributed by atoms with Crippen molar-refractivity contribution in [1.29, 1.82) is 0 Å². The molecular weight excluding hydrogens is 176 g/mol. The standard InChI is InChI=1S/C12H20O2/c1-4-7-8-9-11(5-2)10-12(13)14-6-3/h2,4,6-10H2,1,3H3. The molecule has 0 fully saturated rings. The minimum Gasteiger partial charge on any atom is -0.466 e. The highest BCUT2D eigenvalue weighted by molar-refractivity contribution is 5.72. The minimum atomic E-state index is -0.171. The first-order valence-corrected chi connectivity index (χ1v) is 5.28. The van der Waals surface area contributed by atoms with E-state index in [1.165, 1.54) is 12.8 Å². The van der Waals surface area contributed by atoms with E-state index in [0.29, 0.717) is 13.0 Å². The number of hydrogen-bond donors (Lipinski definition) is 0. The molecule has 2 heteroatoms. The molecule has 0 rings (SSSR count). The maximum atomic E-state index is 11.1. The van der Waals surface area contributed by atoms with Gasteiger partial charge < -0.3 is 4.74 Å². The second-order valence-electron chi connectivity index (χ2n) is 3.22. The quantitative estimate of drug-likeness (QED) is 0.355. The van der Waals surface area contributed by atoms with Gasteiger partial charge in [-0.25, -0.2) is 0 Å². The number of carbonyl (C=O) groups excluding carboxylic acids is 1. The summed E-state index contributed by atoms with van der Waals surface area (Å²) in [6.07, 6.45) is 4.74. The Bertz CT molecular complexity index is 212. The molecule has 0 aromatic heterocycles. The summed E-state index contributed by atoms with van der Waals surface area (Å²) in [7, 11) is 0. The van der Waals surface area contributed by atoms with Crippen LogP contribution in [0.1, 0.15) is 46.0 Å². The Labute approximate surface area is 86.6 Å². The maximum absolute atomic E-state index is 11.1. The molecule has 0 unspecified atom stereocenters. The van der Waals surface area contributed by atoms with Gasteiger partial charge in [-0.1, -0.05) is 26.3 Å². The molecule has 0 spiro atoms. The lowest BCUT2D eigenvalue weighted by Crippen LogP contribution is -2.04. The van der Waals surface area contributed by atoms with Crippen molar-refractivity contribution in [3.8, 4) is 0 Å². The Morgan fingerprint density at radius 1 is 1.36 bits per heavy atom. The Morgan fingerprint density at radius 3 is 2.57 bits per heavy atom. The summed E-state index contributed by atoms with van der Waals surface area (Å²) in [5, 5.41) is 0. The fourth-order valence-corrected chi connectivity index (χ4v) is 1.21. The third kappa shape index (κ3) is 6.50. The van der Waals surface area contributed by atoms with Gasteiger partial charge in [-0.15, -0.1) is 5.73 Å². The number of hydrogen-bond acceptors (Lipinski definition) is 2. The lowest BCUT2D eigenvalue weighted by molar-refractivity contribution is -0.142. The highest BCUT2D eigenvalue weighted by atomic mass is 16.5. The van der Waals surface area contributed by atoms with Gasteiger partial charge in [0.1, 0.15) is 0 Å². The molecule has 0 heterocycles. The van der Waals surface area contributed by atoms with Gasteiger partial charge in [0.15, 0.2) is 0 Å². The fraction of sp³-hybridized carbons (Fsp3) is 0.667. The molecule has 0 aliphatic rings. The van der Waals surface area contributed by atoms with Crippen LogP contribution in [-0.4, -0.2) is 12.6 Å². The van der Waals surface area contributed by atoms with Crippen LogP contribution in [0.5, 0.6) is 0 Å². The number of carbonyl (C=O) groups is 1. The van der Waals surface area contributed by atoms with Crippen molar-refractivity contribution in [2.24, 2.45) is 0 Å². The van der Waals surface area contributed by atoms with Gasteiger partial charge in [-0.3, -0.25) is 4.79 Å². The lowest BCUT2D eigenvalue weighted by atomic mass is 10.1. The molecule has 0 aliphatic heterocycles. The molecule has 0 atom stereocenters. The third-order valence-corrected chi connectivity index (χ3v) is 2.00. The number of ether oxygens (including phenoxy) is 1. The van der Waals surface area contributed by atoms with E-state index in [1.807, 2.05) is 6.92 Å². The van der Waals surface area contributed by atoms with Gasteiger partial charge in [-0.2, -0.15) is 0 Å². The van der Waals surface area contributed by atoms with Crippen LogP contribution in [0, 0.1) is 0 Å². The average molecular weight is 196 g/mol. The molecule has 0 radical (unpaired) electrons. The van der Waals surface area contributed by atoms with E-state index in [0.717, 1.165) is 18.4 Å². The monoisotopic (exact) mass is 196 g/mol. The minimum absolute atomic E-state index is 0.171. The van der Waals surface area contributed by atoms with Gasteiger partial charge in [0.25, 0.3) is 0 Å². The zero-order valence-electron chi connectivity index (χ0n) is 9.27. The number of esters is 1. The van der Waals surface area contributed by atoms with Crippen LogP contribution in [-0.2, 0) is 9.53 Å². The van der Waals surface area contributed by atoms with Crippen molar-refractivity contribution in [2.75, 3.05) is 6.61 Å². The average Bonchev–Trinajstić information content (AvgIpc) is 2.17. The molecule has 0 N–H and O–H groups in total. The molecule has 0 amide bonds. The van der Waals surface area contributed by atoms with Gasteiger partial charge >= 0.3 is 5.97 Å². The van der Waals surface area contributed by atoms with Crippen LogP contribution in [0.4, 0.5) is 0 Å². The van der Waals surface area contributed by atoms with Crippen molar-refractivity contribution in [1.82, 2.24) is 0 Å². The zero-order chi connectivity index (χ0) is 10.8. The largest absolute Gasteiger partial charge is 0.466 e. The second-order valence-corrected chi connectivity index (χ2v) is 3.22. The predicted octanol–water partition coefficient (Wildman–Crippen LogP) is 3.23. The normalized spacial score (nSPS) is 9.29. The van der Waals surface area contributed by atoms with Gasteiger partial charge in [0, 0.05) is 0 Å². The summed E-state index contributed by atoms with van der Waals surface area (Å²) in [6, 6.07) is 0. The van der Waals surface area contributed by atoms with E-state index in [9.17, 15) is 4.79 Å². The number of rotatable bonds is 7. The summed E-state index contributed by atoms with van der Waals surface area (Å²) in [4.78, 5) is 11.1. The van der Waals surface area contributed by atoms with E-state index >= 15 is 0 Å². The molecule has 0 aromatic rings. The van der Waals surface area contributed by atoms with Crippen molar-refractivity contribution in [3.63, 3.8) is 0 Å². The molecule has 0 aromatic carbocycles. The maximum Gasteiger partial charge on any atom is 0.310 e. The summed E-state index contributed by atoms with van der Waals surface area (Å²) in [5.41, 5.74) is 3.79. The van der Waals surface area contributed by atoms with Gasteiger partial charge in [0.2, 0.25) is 0 Å². The van der Waals surface area contributed by atoms with Crippen LogP contribution in [0.25, 0.3) is 0 Å². The summed E-state index contributed by atoms with van der Waals surface area (Å²) in [6.45, 7) is 7.99. The van der Waals surface area contributed by atoms with Gasteiger partial charge in [0.05, 0.1) is 13.0 Å². The first-order chi connectivity index (χ1) is 6.74. The van der Waals surface area contributed by atoms with Gasteiger partial charge in [-0.05, 0) is 25.3 Å². The number of unbranched alkanes of at least 4 members (excludes halogenated alkanes) is 2. The van der Waals surface area contributed by atoms with E-state index in [1.54, 1.807) is 0 Å². The van der Waals surface area contributed by atoms with Crippen LogP contribution < -0.4 is 0 Å². The zero-order valence-corrected chi connectivity index (χ0v) is 9.27. The molecule has 0 saturated carbocycles. The third-order valence-electron chi connectivity index (χ3n) is 2.00.